The van der Waals surface area contributed by atoms with Crippen LogP contribution < -0.4 is 0 Å². The number of hydrogen-bond acceptors (Lipinski definition) is 3. The second-order valence-electron chi connectivity index (χ2n) is 6.04. The molecule has 4 heteroatoms. The Kier molecular flexibility index (Phi) is 8.37. The van der Waals surface area contributed by atoms with Crippen LogP contribution >= 0.6 is 0 Å². The van der Waals surface area contributed by atoms with E-state index in [0.29, 0.717) is 5.91 Å². The molecule has 0 spiro atoms. The highest BCUT2D eigenvalue weighted by molar-refractivity contribution is 5.78. The highest BCUT2D eigenvalue weighted by Crippen LogP contribution is 2.18. The Balaban J connectivity index is 2.47. The van der Waals surface area contributed by atoms with Crippen molar-refractivity contribution in [1.29, 1.82) is 5.26 Å². The van der Waals surface area contributed by atoms with Crippen molar-refractivity contribution >= 4 is 5.91 Å². The Bertz CT molecular complexity index is 342. The first-order valence-corrected chi connectivity index (χ1v) is 8.60. The van der Waals surface area contributed by atoms with Gasteiger partial charge in [-0.25, -0.2) is 0 Å². The predicted octanol–water partition coefficient (Wildman–Crippen LogP) is 3.04. The number of carbonyl (C=O) groups excluding carboxylic acids is 1. The number of unbranched alkanes of at least 4 members (excludes halogenated alkanes) is 1. The number of amides is 1. The van der Waals surface area contributed by atoms with Crippen molar-refractivity contribution in [3.05, 3.63) is 0 Å². The molecule has 0 aromatic heterocycles. The maximum Gasteiger partial charge on any atom is 0.225 e. The standard InChI is InChI=1S/C17H31N3O/c1-4-7-9-15(6-3)17(21)20-12-10-19(11-13-20)16(14-18)8-5-2/h15-16H,4-13H2,1-3H3. The zero-order valence-corrected chi connectivity index (χ0v) is 14.0. The minimum absolute atomic E-state index is 0.0225. The summed E-state index contributed by atoms with van der Waals surface area (Å²) in [5, 5.41) is 9.24. The summed E-state index contributed by atoms with van der Waals surface area (Å²) in [6.45, 7) is 9.64. The van der Waals surface area contributed by atoms with Gasteiger partial charge in [-0.2, -0.15) is 5.26 Å². The minimum atomic E-state index is 0.0225. The Morgan fingerprint density at radius 1 is 1.10 bits per heavy atom. The van der Waals surface area contributed by atoms with Gasteiger partial charge in [0.2, 0.25) is 5.91 Å². The average Bonchev–Trinajstić information content (AvgIpc) is 2.53. The van der Waals surface area contributed by atoms with Crippen LogP contribution in [0.25, 0.3) is 0 Å². The molecule has 1 heterocycles. The summed E-state index contributed by atoms with van der Waals surface area (Å²) in [5.74, 6) is 0.522. The highest BCUT2D eigenvalue weighted by Gasteiger charge is 2.28. The lowest BCUT2D eigenvalue weighted by Gasteiger charge is -2.38. The van der Waals surface area contributed by atoms with Crippen molar-refractivity contribution < 1.29 is 4.79 Å². The summed E-state index contributed by atoms with van der Waals surface area (Å²) in [6, 6.07) is 2.42. The lowest BCUT2D eigenvalue weighted by Crippen LogP contribution is -2.52. The molecular formula is C17H31N3O. The summed E-state index contributed by atoms with van der Waals surface area (Å²) in [4.78, 5) is 16.8. The molecule has 1 amide bonds. The zero-order chi connectivity index (χ0) is 15.7. The molecule has 0 radical (unpaired) electrons. The number of nitriles is 1. The van der Waals surface area contributed by atoms with Gasteiger partial charge in [-0.1, -0.05) is 40.0 Å². The lowest BCUT2D eigenvalue weighted by atomic mass is 9.97. The molecule has 2 unspecified atom stereocenters. The van der Waals surface area contributed by atoms with Crippen LogP contribution in [0, 0.1) is 17.2 Å². The maximum absolute atomic E-state index is 12.5. The van der Waals surface area contributed by atoms with Crippen molar-refractivity contribution in [1.82, 2.24) is 9.80 Å². The number of carbonyl (C=O) groups is 1. The monoisotopic (exact) mass is 293 g/mol. The molecule has 4 nitrogen and oxygen atoms in total. The van der Waals surface area contributed by atoms with Crippen LogP contribution in [0.3, 0.4) is 0 Å². The van der Waals surface area contributed by atoms with Crippen molar-refractivity contribution in [3.63, 3.8) is 0 Å². The van der Waals surface area contributed by atoms with Crippen molar-refractivity contribution in [2.24, 2.45) is 5.92 Å². The van der Waals surface area contributed by atoms with Gasteiger partial charge in [0.15, 0.2) is 0 Å². The molecule has 0 aromatic carbocycles. The van der Waals surface area contributed by atoms with Gasteiger partial charge >= 0.3 is 0 Å². The highest BCUT2D eigenvalue weighted by atomic mass is 16.2. The first-order valence-electron chi connectivity index (χ1n) is 8.60. The van der Waals surface area contributed by atoms with Gasteiger partial charge in [-0.15, -0.1) is 0 Å². The van der Waals surface area contributed by atoms with Crippen LogP contribution in [0.15, 0.2) is 0 Å². The van der Waals surface area contributed by atoms with E-state index in [-0.39, 0.29) is 12.0 Å². The number of hydrogen-bond donors (Lipinski definition) is 0. The molecule has 1 aliphatic rings. The predicted molar refractivity (Wildman–Crippen MR) is 85.8 cm³/mol. The van der Waals surface area contributed by atoms with Gasteiger partial charge in [-0.05, 0) is 19.3 Å². The fraction of sp³-hybridized carbons (Fsp3) is 0.882. The summed E-state index contributed by atoms with van der Waals surface area (Å²) in [6.07, 6.45) is 6.21. The van der Waals surface area contributed by atoms with Crippen LogP contribution in [-0.4, -0.2) is 47.9 Å². The number of nitrogens with zero attached hydrogens (tertiary/aromatic N) is 3. The molecule has 120 valence electrons. The molecule has 0 aliphatic carbocycles. The summed E-state index contributed by atoms with van der Waals surface area (Å²) in [7, 11) is 0. The van der Waals surface area contributed by atoms with Gasteiger partial charge in [0.1, 0.15) is 0 Å². The van der Waals surface area contributed by atoms with Gasteiger partial charge in [-0.3, -0.25) is 9.69 Å². The molecule has 0 bridgehead atoms. The second kappa shape index (κ2) is 9.78. The van der Waals surface area contributed by atoms with E-state index in [1.54, 1.807) is 0 Å². The van der Waals surface area contributed by atoms with Gasteiger partial charge in [0.05, 0.1) is 12.1 Å². The van der Waals surface area contributed by atoms with Crippen molar-refractivity contribution in [3.8, 4) is 6.07 Å². The van der Waals surface area contributed by atoms with Gasteiger partial charge in [0, 0.05) is 32.1 Å². The summed E-state index contributed by atoms with van der Waals surface area (Å²) >= 11 is 0. The first-order chi connectivity index (χ1) is 10.2. The van der Waals surface area contributed by atoms with Crippen molar-refractivity contribution in [2.45, 2.75) is 65.3 Å². The topological polar surface area (TPSA) is 47.3 Å². The molecule has 1 aliphatic heterocycles. The van der Waals surface area contributed by atoms with Crippen LogP contribution in [0.2, 0.25) is 0 Å². The molecule has 0 saturated carbocycles. The Morgan fingerprint density at radius 2 is 1.76 bits per heavy atom. The largest absolute Gasteiger partial charge is 0.340 e. The number of rotatable bonds is 8. The smallest absolute Gasteiger partial charge is 0.225 e. The Hall–Kier alpha value is -1.08. The van der Waals surface area contributed by atoms with Gasteiger partial charge in [0.25, 0.3) is 0 Å². The summed E-state index contributed by atoms with van der Waals surface area (Å²) < 4.78 is 0. The van der Waals surface area contributed by atoms with Gasteiger partial charge < -0.3 is 4.90 Å². The maximum atomic E-state index is 12.5. The fourth-order valence-corrected chi connectivity index (χ4v) is 3.07. The molecule has 2 atom stereocenters. The third-order valence-corrected chi connectivity index (χ3v) is 4.53. The van der Waals surface area contributed by atoms with E-state index >= 15 is 0 Å². The normalized spacial score (nSPS) is 19.0. The van der Waals surface area contributed by atoms with Crippen molar-refractivity contribution in [2.75, 3.05) is 26.2 Å². The van der Waals surface area contributed by atoms with Crippen LogP contribution in [0.1, 0.15) is 59.3 Å². The van der Waals surface area contributed by atoms with E-state index in [2.05, 4.69) is 31.7 Å². The van der Waals surface area contributed by atoms with E-state index in [9.17, 15) is 10.1 Å². The van der Waals surface area contributed by atoms with E-state index in [1.807, 2.05) is 4.90 Å². The molecule has 21 heavy (non-hydrogen) atoms. The third kappa shape index (κ3) is 5.32. The second-order valence-corrected chi connectivity index (χ2v) is 6.04. The van der Waals surface area contributed by atoms with Crippen LogP contribution in [0.4, 0.5) is 0 Å². The quantitative estimate of drug-likeness (QED) is 0.691. The van der Waals surface area contributed by atoms with E-state index < -0.39 is 0 Å². The molecule has 0 N–H and O–H groups in total. The molecule has 1 saturated heterocycles. The first kappa shape index (κ1) is 18.0. The SMILES string of the molecule is CCCCC(CC)C(=O)N1CCN(C(C#N)CCC)CC1. The zero-order valence-electron chi connectivity index (χ0n) is 14.0. The van der Waals surface area contributed by atoms with Crippen LogP contribution in [0.5, 0.6) is 0 Å². The lowest BCUT2D eigenvalue weighted by molar-refractivity contribution is -0.137. The Labute approximate surface area is 130 Å². The summed E-state index contributed by atoms with van der Waals surface area (Å²) in [5.41, 5.74) is 0. The average molecular weight is 293 g/mol. The van der Waals surface area contributed by atoms with E-state index in [0.717, 1.165) is 64.7 Å². The van der Waals surface area contributed by atoms with Crippen LogP contribution in [-0.2, 0) is 4.79 Å². The van der Waals surface area contributed by atoms with E-state index in [1.165, 1.54) is 0 Å². The fourth-order valence-electron chi connectivity index (χ4n) is 3.07. The molecule has 0 aromatic rings. The third-order valence-electron chi connectivity index (χ3n) is 4.53. The molecule has 1 fully saturated rings. The Morgan fingerprint density at radius 3 is 2.24 bits per heavy atom. The minimum Gasteiger partial charge on any atom is -0.340 e. The molecule has 1 rings (SSSR count). The van der Waals surface area contributed by atoms with E-state index in [4.69, 9.17) is 0 Å². The molecular weight excluding hydrogens is 262 g/mol. The number of piperazine rings is 1.